The number of thioether (sulfide) groups is 1. The van der Waals surface area contributed by atoms with Crippen molar-refractivity contribution in [1.29, 1.82) is 0 Å². The lowest BCUT2D eigenvalue weighted by molar-refractivity contribution is -0.0322. The van der Waals surface area contributed by atoms with E-state index in [9.17, 15) is 13.2 Å². The number of dihydropyridines is 1. The fraction of sp³-hybridized carbons (Fsp3) is 0.333. The van der Waals surface area contributed by atoms with Gasteiger partial charge in [-0.05, 0) is 30.1 Å². The minimum Gasteiger partial charge on any atom is -0.386 e. The molecule has 0 atom stereocenters. The average molecular weight is 181 g/mol. The van der Waals surface area contributed by atoms with Gasteiger partial charge in [-0.25, -0.2) is 0 Å². The molecule has 0 bridgehead atoms. The number of halogens is 3. The van der Waals surface area contributed by atoms with Crippen molar-refractivity contribution in [3.63, 3.8) is 0 Å². The zero-order chi connectivity index (χ0) is 8.32. The highest BCUT2D eigenvalue weighted by Gasteiger charge is 2.30. The molecule has 1 heterocycles. The van der Waals surface area contributed by atoms with Gasteiger partial charge in [0.2, 0.25) is 0 Å². The molecule has 1 nitrogen and oxygen atoms in total. The summed E-state index contributed by atoms with van der Waals surface area (Å²) < 4.78 is 35.1. The lowest BCUT2D eigenvalue weighted by atomic mass is 10.4. The Balaban J connectivity index is 2.49. The maximum Gasteiger partial charge on any atom is 0.446 e. The third kappa shape index (κ3) is 3.36. The molecule has 1 aliphatic heterocycles. The van der Waals surface area contributed by atoms with E-state index in [0.29, 0.717) is 4.91 Å². The Kier molecular flexibility index (Phi) is 2.49. The van der Waals surface area contributed by atoms with Gasteiger partial charge in [-0.1, -0.05) is 0 Å². The molecule has 0 amide bonds. The van der Waals surface area contributed by atoms with Crippen molar-refractivity contribution in [3.8, 4) is 0 Å². The van der Waals surface area contributed by atoms with Crippen LogP contribution in [0.4, 0.5) is 13.2 Å². The van der Waals surface area contributed by atoms with Gasteiger partial charge in [0.1, 0.15) is 0 Å². The van der Waals surface area contributed by atoms with Gasteiger partial charge in [-0.3, -0.25) is 0 Å². The number of alkyl halides is 3. The van der Waals surface area contributed by atoms with Gasteiger partial charge in [0.05, 0.1) is 0 Å². The van der Waals surface area contributed by atoms with Crippen molar-refractivity contribution in [2.45, 2.75) is 5.51 Å². The van der Waals surface area contributed by atoms with Crippen LogP contribution in [-0.2, 0) is 0 Å². The molecule has 0 saturated heterocycles. The molecule has 0 aliphatic carbocycles. The average Bonchev–Trinajstić information content (AvgIpc) is 1.85. The molecule has 0 aromatic carbocycles. The molecule has 62 valence electrons. The number of rotatable bonds is 1. The van der Waals surface area contributed by atoms with Gasteiger partial charge in [-0.2, -0.15) is 13.2 Å². The molecular weight excluding hydrogens is 175 g/mol. The lowest BCUT2D eigenvalue weighted by Crippen LogP contribution is -2.13. The van der Waals surface area contributed by atoms with Crippen molar-refractivity contribution in [2.24, 2.45) is 0 Å². The molecule has 0 radical (unpaired) electrons. The summed E-state index contributed by atoms with van der Waals surface area (Å²) in [5.74, 6) is 0. The summed E-state index contributed by atoms with van der Waals surface area (Å²) in [6.45, 7) is 0.265. The van der Waals surface area contributed by atoms with Gasteiger partial charge in [-0.15, -0.1) is 0 Å². The van der Waals surface area contributed by atoms with E-state index in [1.165, 1.54) is 6.08 Å². The van der Waals surface area contributed by atoms with Gasteiger partial charge in [0.15, 0.2) is 0 Å². The van der Waals surface area contributed by atoms with E-state index in [1.807, 2.05) is 0 Å². The molecule has 0 saturated carbocycles. The van der Waals surface area contributed by atoms with Crippen LogP contribution in [0, 0.1) is 0 Å². The van der Waals surface area contributed by atoms with Crippen LogP contribution in [0.2, 0.25) is 0 Å². The highest BCUT2D eigenvalue weighted by atomic mass is 32.2. The Labute approximate surface area is 66.3 Å². The van der Waals surface area contributed by atoms with Crippen molar-refractivity contribution in [3.05, 3.63) is 23.3 Å². The second-order valence-electron chi connectivity index (χ2n) is 1.92. The van der Waals surface area contributed by atoms with Crippen LogP contribution >= 0.6 is 11.8 Å². The van der Waals surface area contributed by atoms with Crippen LogP contribution in [0.5, 0.6) is 0 Å². The first-order chi connectivity index (χ1) is 5.08. The molecule has 0 unspecified atom stereocenters. The minimum absolute atomic E-state index is 0.0750. The predicted molar refractivity (Wildman–Crippen MR) is 38.9 cm³/mol. The number of nitrogens with one attached hydrogen (secondary N) is 1. The molecule has 1 aliphatic rings. The summed E-state index contributed by atoms with van der Waals surface area (Å²) in [5, 5.41) is 2.69. The maximum atomic E-state index is 11.7. The SMILES string of the molecule is FC(F)(F)SC1=CC=CNC1. The van der Waals surface area contributed by atoms with Crippen molar-refractivity contribution in [2.75, 3.05) is 6.54 Å². The smallest absolute Gasteiger partial charge is 0.386 e. The van der Waals surface area contributed by atoms with Gasteiger partial charge in [0.25, 0.3) is 0 Å². The van der Waals surface area contributed by atoms with Gasteiger partial charge in [0, 0.05) is 11.4 Å². The Bertz CT molecular complexity index is 194. The molecule has 0 aromatic heterocycles. The molecular formula is C6H6F3NS. The second-order valence-corrected chi connectivity index (χ2v) is 3.11. The monoisotopic (exact) mass is 181 g/mol. The van der Waals surface area contributed by atoms with Crippen LogP contribution in [0.1, 0.15) is 0 Å². The second kappa shape index (κ2) is 3.21. The summed E-state index contributed by atoms with van der Waals surface area (Å²) in [7, 11) is 0. The van der Waals surface area contributed by atoms with E-state index in [2.05, 4.69) is 5.32 Å². The third-order valence-electron chi connectivity index (χ3n) is 1.02. The molecule has 5 heteroatoms. The van der Waals surface area contributed by atoms with Crippen LogP contribution in [0.15, 0.2) is 23.3 Å². The first-order valence-electron chi connectivity index (χ1n) is 2.93. The molecule has 0 fully saturated rings. The number of allylic oxidation sites excluding steroid dienone is 2. The quantitative estimate of drug-likeness (QED) is 0.665. The molecule has 1 N–H and O–H groups in total. The summed E-state index contributed by atoms with van der Waals surface area (Å²) in [6.07, 6.45) is 4.62. The van der Waals surface area contributed by atoms with E-state index in [1.54, 1.807) is 12.3 Å². The number of hydrogen-bond donors (Lipinski definition) is 1. The Morgan fingerprint density at radius 2 is 2.18 bits per heavy atom. The predicted octanol–water partition coefficient (Wildman–Crippen LogP) is 2.24. The van der Waals surface area contributed by atoms with Gasteiger partial charge < -0.3 is 5.32 Å². The summed E-state index contributed by atoms with van der Waals surface area (Å²) >= 11 is -0.0750. The van der Waals surface area contributed by atoms with Gasteiger partial charge >= 0.3 is 5.51 Å². The van der Waals surface area contributed by atoms with Crippen LogP contribution < -0.4 is 5.32 Å². The molecule has 0 spiro atoms. The zero-order valence-electron chi connectivity index (χ0n) is 5.48. The number of hydrogen-bond acceptors (Lipinski definition) is 2. The fourth-order valence-corrected chi connectivity index (χ4v) is 1.26. The Morgan fingerprint density at radius 1 is 1.45 bits per heavy atom. The molecule has 11 heavy (non-hydrogen) atoms. The Hall–Kier alpha value is -0.580. The van der Waals surface area contributed by atoms with E-state index in [-0.39, 0.29) is 18.3 Å². The largest absolute Gasteiger partial charge is 0.446 e. The lowest BCUT2D eigenvalue weighted by Gasteiger charge is -2.11. The Morgan fingerprint density at radius 3 is 2.64 bits per heavy atom. The van der Waals surface area contributed by atoms with E-state index in [0.717, 1.165) is 0 Å². The summed E-state index contributed by atoms with van der Waals surface area (Å²) in [6, 6.07) is 0. The van der Waals surface area contributed by atoms with Crippen LogP contribution in [-0.4, -0.2) is 12.1 Å². The topological polar surface area (TPSA) is 12.0 Å². The normalized spacial score (nSPS) is 17.5. The van der Waals surface area contributed by atoms with E-state index in [4.69, 9.17) is 0 Å². The highest BCUT2D eigenvalue weighted by molar-refractivity contribution is 8.03. The maximum absolute atomic E-state index is 11.7. The fourth-order valence-electron chi connectivity index (χ4n) is 0.661. The molecule has 1 rings (SSSR count). The summed E-state index contributed by atoms with van der Waals surface area (Å²) in [5.41, 5.74) is -4.17. The van der Waals surface area contributed by atoms with Crippen LogP contribution in [0.3, 0.4) is 0 Å². The van der Waals surface area contributed by atoms with Crippen molar-refractivity contribution >= 4 is 11.8 Å². The van der Waals surface area contributed by atoms with Crippen molar-refractivity contribution < 1.29 is 13.2 Å². The third-order valence-corrected chi connectivity index (χ3v) is 1.79. The van der Waals surface area contributed by atoms with Crippen LogP contribution in [0.25, 0.3) is 0 Å². The van der Waals surface area contributed by atoms with Crippen molar-refractivity contribution in [1.82, 2.24) is 5.32 Å². The minimum atomic E-state index is -4.17. The van der Waals surface area contributed by atoms with E-state index >= 15 is 0 Å². The zero-order valence-corrected chi connectivity index (χ0v) is 6.30. The first kappa shape index (κ1) is 8.52. The van der Waals surface area contributed by atoms with E-state index < -0.39 is 5.51 Å². The summed E-state index contributed by atoms with van der Waals surface area (Å²) in [4.78, 5) is 0.292. The standard InChI is InChI=1S/C6H6F3NS/c7-6(8,9)11-5-2-1-3-10-4-5/h1-3,10H,4H2. The highest BCUT2D eigenvalue weighted by Crippen LogP contribution is 2.36. The first-order valence-corrected chi connectivity index (χ1v) is 3.74. The molecule has 0 aromatic rings.